The SMILES string of the molecule is Cc1ccc(NC(=O)NC2NC(C)CC(NCCCC3CNCN3)N2)cc1C. The van der Waals surface area contributed by atoms with E-state index in [-0.39, 0.29) is 18.5 Å². The Morgan fingerprint density at radius 1 is 1.21 bits per heavy atom. The van der Waals surface area contributed by atoms with Crippen molar-refractivity contribution in [1.29, 1.82) is 0 Å². The molecule has 1 aromatic rings. The van der Waals surface area contributed by atoms with E-state index in [1.54, 1.807) is 0 Å². The number of carbonyl (C=O) groups excluding carboxylic acids is 1. The van der Waals surface area contributed by atoms with E-state index in [0.717, 1.165) is 43.9 Å². The molecule has 156 valence electrons. The lowest BCUT2D eigenvalue weighted by atomic mass is 10.1. The van der Waals surface area contributed by atoms with Crippen LogP contribution in [0.3, 0.4) is 0 Å². The molecule has 2 saturated heterocycles. The Morgan fingerprint density at radius 2 is 2.07 bits per heavy atom. The predicted molar refractivity (Wildman–Crippen MR) is 113 cm³/mol. The molecule has 0 spiro atoms. The average molecular weight is 390 g/mol. The van der Waals surface area contributed by atoms with Crippen molar-refractivity contribution in [3.8, 4) is 0 Å². The molecule has 4 atom stereocenters. The lowest BCUT2D eigenvalue weighted by Gasteiger charge is -2.37. The minimum Gasteiger partial charge on any atom is -0.310 e. The van der Waals surface area contributed by atoms with Crippen LogP contribution in [0.5, 0.6) is 0 Å². The third-order valence-electron chi connectivity index (χ3n) is 5.48. The fourth-order valence-corrected chi connectivity index (χ4v) is 3.73. The largest absolute Gasteiger partial charge is 0.321 e. The molecule has 0 aromatic heterocycles. The molecule has 4 unspecified atom stereocenters. The van der Waals surface area contributed by atoms with Gasteiger partial charge in [0, 0.05) is 31.0 Å². The first-order valence-corrected chi connectivity index (χ1v) is 10.3. The summed E-state index contributed by atoms with van der Waals surface area (Å²) >= 11 is 0. The molecule has 28 heavy (non-hydrogen) atoms. The Balaban J connectivity index is 1.40. The average Bonchev–Trinajstić information content (AvgIpc) is 3.15. The van der Waals surface area contributed by atoms with Crippen LogP contribution in [0, 0.1) is 13.8 Å². The molecule has 0 saturated carbocycles. The maximum absolute atomic E-state index is 12.4. The first-order chi connectivity index (χ1) is 13.5. The zero-order valence-corrected chi connectivity index (χ0v) is 17.2. The minimum absolute atomic E-state index is 0.179. The molecule has 7 N–H and O–H groups in total. The van der Waals surface area contributed by atoms with Crippen LogP contribution in [0.15, 0.2) is 18.2 Å². The summed E-state index contributed by atoms with van der Waals surface area (Å²) in [5.74, 6) is 0. The summed E-state index contributed by atoms with van der Waals surface area (Å²) in [6, 6.07) is 6.60. The van der Waals surface area contributed by atoms with Crippen molar-refractivity contribution in [2.45, 2.75) is 64.6 Å². The van der Waals surface area contributed by atoms with Gasteiger partial charge in [0.05, 0.1) is 6.17 Å². The van der Waals surface area contributed by atoms with Gasteiger partial charge in [0.2, 0.25) is 0 Å². The molecule has 0 aliphatic carbocycles. The predicted octanol–water partition coefficient (Wildman–Crippen LogP) is 0.895. The van der Waals surface area contributed by atoms with Gasteiger partial charge >= 0.3 is 6.03 Å². The Hall–Kier alpha value is -1.71. The summed E-state index contributed by atoms with van der Waals surface area (Å²) in [6.07, 6.45) is 3.18. The van der Waals surface area contributed by atoms with Gasteiger partial charge in [0.15, 0.2) is 0 Å². The molecule has 2 fully saturated rings. The van der Waals surface area contributed by atoms with Crippen LogP contribution in [0.2, 0.25) is 0 Å². The van der Waals surface area contributed by atoms with Crippen molar-refractivity contribution in [3.63, 3.8) is 0 Å². The van der Waals surface area contributed by atoms with E-state index in [9.17, 15) is 4.79 Å². The smallest absolute Gasteiger partial charge is 0.310 e. The van der Waals surface area contributed by atoms with Crippen molar-refractivity contribution >= 4 is 11.7 Å². The lowest BCUT2D eigenvalue weighted by Crippen LogP contribution is -2.67. The third kappa shape index (κ3) is 6.42. The standard InChI is InChI=1S/C20H35N7O/c1-13-6-7-16(9-14(13)2)25-20(28)27-19-24-15(3)10-18(26-19)22-8-4-5-17-11-21-12-23-17/h6-7,9,15,17-19,21-24,26H,4-5,8,10-12H2,1-3H3,(H2,25,27,28). The summed E-state index contributed by atoms with van der Waals surface area (Å²) in [7, 11) is 0. The second kappa shape index (κ2) is 10.2. The molecule has 2 amide bonds. The number of urea groups is 1. The van der Waals surface area contributed by atoms with E-state index in [0.29, 0.717) is 12.1 Å². The normalized spacial score (nSPS) is 27.5. The van der Waals surface area contributed by atoms with E-state index < -0.39 is 0 Å². The number of amides is 2. The summed E-state index contributed by atoms with van der Waals surface area (Å²) in [6.45, 7) is 9.18. The van der Waals surface area contributed by atoms with Crippen molar-refractivity contribution < 1.29 is 4.79 Å². The molecule has 2 aliphatic rings. The molecular weight excluding hydrogens is 354 g/mol. The molecule has 8 heteroatoms. The highest BCUT2D eigenvalue weighted by Crippen LogP contribution is 2.14. The van der Waals surface area contributed by atoms with Crippen LogP contribution < -0.4 is 37.2 Å². The fourth-order valence-electron chi connectivity index (χ4n) is 3.73. The Bertz CT molecular complexity index is 647. The van der Waals surface area contributed by atoms with E-state index in [1.165, 1.54) is 12.0 Å². The quantitative estimate of drug-likeness (QED) is 0.350. The van der Waals surface area contributed by atoms with Gasteiger partial charge in [-0.2, -0.15) is 0 Å². The van der Waals surface area contributed by atoms with Crippen LogP contribution in [0.25, 0.3) is 0 Å². The van der Waals surface area contributed by atoms with E-state index in [4.69, 9.17) is 0 Å². The van der Waals surface area contributed by atoms with Gasteiger partial charge in [0.1, 0.15) is 6.29 Å². The van der Waals surface area contributed by atoms with Crippen LogP contribution in [-0.4, -0.2) is 50.3 Å². The molecule has 0 bridgehead atoms. The molecule has 8 nitrogen and oxygen atoms in total. The molecule has 2 heterocycles. The van der Waals surface area contributed by atoms with Crippen LogP contribution in [-0.2, 0) is 0 Å². The molecular formula is C20H35N7O. The Kier molecular flexibility index (Phi) is 7.64. The Labute approximate surface area is 168 Å². The van der Waals surface area contributed by atoms with E-state index in [2.05, 4.69) is 51.1 Å². The second-order valence-corrected chi connectivity index (χ2v) is 7.98. The number of benzene rings is 1. The van der Waals surface area contributed by atoms with Crippen molar-refractivity contribution in [2.24, 2.45) is 0 Å². The zero-order valence-electron chi connectivity index (χ0n) is 17.2. The fraction of sp³-hybridized carbons (Fsp3) is 0.650. The van der Waals surface area contributed by atoms with Gasteiger partial charge in [-0.15, -0.1) is 0 Å². The number of aryl methyl sites for hydroxylation is 2. The van der Waals surface area contributed by atoms with Gasteiger partial charge in [-0.05, 0) is 69.8 Å². The van der Waals surface area contributed by atoms with Crippen molar-refractivity contribution in [2.75, 3.05) is 25.1 Å². The van der Waals surface area contributed by atoms with E-state index in [1.807, 2.05) is 25.1 Å². The van der Waals surface area contributed by atoms with Gasteiger partial charge < -0.3 is 26.6 Å². The second-order valence-electron chi connectivity index (χ2n) is 7.98. The highest BCUT2D eigenvalue weighted by molar-refractivity contribution is 5.89. The molecule has 2 aliphatic heterocycles. The highest BCUT2D eigenvalue weighted by Gasteiger charge is 2.25. The summed E-state index contributed by atoms with van der Waals surface area (Å²) < 4.78 is 0. The van der Waals surface area contributed by atoms with Crippen molar-refractivity contribution in [3.05, 3.63) is 29.3 Å². The number of anilines is 1. The number of rotatable bonds is 7. The number of hydrogen-bond acceptors (Lipinski definition) is 6. The monoisotopic (exact) mass is 389 g/mol. The summed E-state index contributed by atoms with van der Waals surface area (Å²) in [5.41, 5.74) is 3.17. The molecule has 1 aromatic carbocycles. The topological polar surface area (TPSA) is 101 Å². The van der Waals surface area contributed by atoms with Crippen LogP contribution in [0.1, 0.15) is 37.3 Å². The van der Waals surface area contributed by atoms with Crippen LogP contribution in [0.4, 0.5) is 10.5 Å². The Morgan fingerprint density at radius 3 is 2.82 bits per heavy atom. The first-order valence-electron chi connectivity index (χ1n) is 10.3. The third-order valence-corrected chi connectivity index (χ3v) is 5.48. The summed E-state index contributed by atoms with van der Waals surface area (Å²) in [4.78, 5) is 12.4. The minimum atomic E-state index is -0.270. The van der Waals surface area contributed by atoms with Gasteiger partial charge in [-0.25, -0.2) is 4.79 Å². The number of hydrogen-bond donors (Lipinski definition) is 7. The lowest BCUT2D eigenvalue weighted by molar-refractivity contribution is 0.193. The maximum Gasteiger partial charge on any atom is 0.321 e. The highest BCUT2D eigenvalue weighted by atomic mass is 16.2. The number of nitrogens with one attached hydrogen (secondary N) is 7. The van der Waals surface area contributed by atoms with Gasteiger partial charge in [0.25, 0.3) is 0 Å². The number of carbonyl (C=O) groups is 1. The van der Waals surface area contributed by atoms with Crippen LogP contribution >= 0.6 is 0 Å². The van der Waals surface area contributed by atoms with Gasteiger partial charge in [-0.3, -0.25) is 10.6 Å². The van der Waals surface area contributed by atoms with Crippen molar-refractivity contribution in [1.82, 2.24) is 31.9 Å². The molecule has 3 rings (SSSR count). The zero-order chi connectivity index (χ0) is 19.9. The van der Waals surface area contributed by atoms with Gasteiger partial charge in [-0.1, -0.05) is 6.07 Å². The van der Waals surface area contributed by atoms with E-state index >= 15 is 0 Å². The molecule has 0 radical (unpaired) electrons. The summed E-state index contributed by atoms with van der Waals surface area (Å²) in [5, 5.41) is 23.0. The first kappa shape index (κ1) is 21.0. The maximum atomic E-state index is 12.4.